The lowest BCUT2D eigenvalue weighted by Gasteiger charge is -2.30. The van der Waals surface area contributed by atoms with Crippen LogP contribution in [0.3, 0.4) is 0 Å². The van der Waals surface area contributed by atoms with Crippen LogP contribution in [0.4, 0.5) is 15.8 Å². The van der Waals surface area contributed by atoms with E-state index in [4.69, 9.17) is 10.5 Å². The molecule has 0 spiro atoms. The van der Waals surface area contributed by atoms with Crippen molar-refractivity contribution in [2.75, 3.05) is 30.9 Å². The van der Waals surface area contributed by atoms with Crippen molar-refractivity contribution in [3.8, 4) is 0 Å². The molecule has 0 saturated carbocycles. The topological polar surface area (TPSA) is 38.5 Å². The van der Waals surface area contributed by atoms with Crippen molar-refractivity contribution in [3.05, 3.63) is 24.0 Å². The summed E-state index contributed by atoms with van der Waals surface area (Å²) in [5, 5.41) is 0. The second-order valence-electron chi connectivity index (χ2n) is 3.80. The van der Waals surface area contributed by atoms with Crippen molar-refractivity contribution in [2.45, 2.75) is 19.9 Å². The molecule has 1 unspecified atom stereocenters. The van der Waals surface area contributed by atoms with Crippen molar-refractivity contribution < 1.29 is 9.13 Å². The molecule has 0 aliphatic rings. The Morgan fingerprint density at radius 3 is 2.69 bits per heavy atom. The first-order valence-electron chi connectivity index (χ1n) is 5.40. The SMILES string of the molecule is CCN(c1ccc(N)cc1F)C(C)COC. The summed E-state index contributed by atoms with van der Waals surface area (Å²) in [7, 11) is 1.64. The molecular formula is C12H19FN2O. The van der Waals surface area contributed by atoms with Crippen molar-refractivity contribution in [3.63, 3.8) is 0 Å². The molecule has 0 aliphatic carbocycles. The van der Waals surface area contributed by atoms with E-state index in [1.807, 2.05) is 18.7 Å². The van der Waals surface area contributed by atoms with Crippen molar-refractivity contribution in [1.82, 2.24) is 0 Å². The van der Waals surface area contributed by atoms with Gasteiger partial charge in [-0.1, -0.05) is 0 Å². The first-order valence-corrected chi connectivity index (χ1v) is 5.40. The number of likely N-dealkylation sites (N-methyl/N-ethyl adjacent to an activating group) is 1. The Morgan fingerprint density at radius 1 is 1.50 bits per heavy atom. The van der Waals surface area contributed by atoms with Crippen LogP contribution < -0.4 is 10.6 Å². The minimum absolute atomic E-state index is 0.133. The molecule has 90 valence electrons. The van der Waals surface area contributed by atoms with Crippen LogP contribution in [-0.2, 0) is 4.74 Å². The van der Waals surface area contributed by atoms with Crippen LogP contribution in [0.2, 0.25) is 0 Å². The Kier molecular flexibility index (Phi) is 4.55. The number of rotatable bonds is 5. The van der Waals surface area contributed by atoms with Crippen LogP contribution in [0.25, 0.3) is 0 Å². The number of nitrogens with zero attached hydrogens (tertiary/aromatic N) is 1. The smallest absolute Gasteiger partial charge is 0.148 e. The van der Waals surface area contributed by atoms with Gasteiger partial charge >= 0.3 is 0 Å². The van der Waals surface area contributed by atoms with E-state index in [2.05, 4.69) is 0 Å². The predicted molar refractivity (Wildman–Crippen MR) is 65.2 cm³/mol. The third kappa shape index (κ3) is 2.85. The molecule has 0 amide bonds. The average Bonchev–Trinajstić information content (AvgIpc) is 2.22. The molecule has 0 heterocycles. The maximum absolute atomic E-state index is 13.7. The molecule has 0 fully saturated rings. The van der Waals surface area contributed by atoms with Gasteiger partial charge in [-0.15, -0.1) is 0 Å². The van der Waals surface area contributed by atoms with E-state index in [0.717, 1.165) is 6.54 Å². The van der Waals surface area contributed by atoms with Crippen LogP contribution in [0.15, 0.2) is 18.2 Å². The Labute approximate surface area is 96.0 Å². The van der Waals surface area contributed by atoms with Gasteiger partial charge in [0, 0.05) is 25.4 Å². The number of benzene rings is 1. The first kappa shape index (κ1) is 12.8. The lowest BCUT2D eigenvalue weighted by Crippen LogP contribution is -2.36. The van der Waals surface area contributed by atoms with E-state index in [0.29, 0.717) is 18.0 Å². The number of anilines is 2. The minimum Gasteiger partial charge on any atom is -0.399 e. The van der Waals surface area contributed by atoms with Gasteiger partial charge in [-0.3, -0.25) is 0 Å². The molecule has 0 bridgehead atoms. The summed E-state index contributed by atoms with van der Waals surface area (Å²) in [4.78, 5) is 1.96. The highest BCUT2D eigenvalue weighted by Gasteiger charge is 2.16. The van der Waals surface area contributed by atoms with E-state index in [1.54, 1.807) is 19.2 Å². The number of ether oxygens (including phenoxy) is 1. The third-order valence-electron chi connectivity index (χ3n) is 2.56. The molecule has 3 nitrogen and oxygen atoms in total. The zero-order valence-electron chi connectivity index (χ0n) is 10.0. The zero-order valence-corrected chi connectivity index (χ0v) is 10.0. The standard InChI is InChI=1S/C12H19FN2O/c1-4-15(9(2)8-16-3)12-6-5-10(14)7-11(12)13/h5-7,9H,4,8,14H2,1-3H3. The molecule has 4 heteroatoms. The molecule has 0 aliphatic heterocycles. The molecular weight excluding hydrogens is 207 g/mol. The van der Waals surface area contributed by atoms with Crippen LogP contribution in [0.5, 0.6) is 0 Å². The van der Waals surface area contributed by atoms with Gasteiger partial charge in [0.25, 0.3) is 0 Å². The maximum Gasteiger partial charge on any atom is 0.148 e. The van der Waals surface area contributed by atoms with Crippen LogP contribution in [0, 0.1) is 5.82 Å². The van der Waals surface area contributed by atoms with E-state index >= 15 is 0 Å². The lowest BCUT2D eigenvalue weighted by molar-refractivity contribution is 0.181. The Hall–Kier alpha value is -1.29. The maximum atomic E-state index is 13.7. The van der Waals surface area contributed by atoms with Gasteiger partial charge in [0.2, 0.25) is 0 Å². The molecule has 2 N–H and O–H groups in total. The first-order chi connectivity index (χ1) is 7.60. The van der Waals surface area contributed by atoms with E-state index in [1.165, 1.54) is 6.07 Å². The van der Waals surface area contributed by atoms with E-state index in [9.17, 15) is 4.39 Å². The second kappa shape index (κ2) is 5.70. The number of hydrogen-bond acceptors (Lipinski definition) is 3. The molecule has 16 heavy (non-hydrogen) atoms. The predicted octanol–water partition coefficient (Wildman–Crippen LogP) is 2.27. The number of methoxy groups -OCH3 is 1. The van der Waals surface area contributed by atoms with E-state index in [-0.39, 0.29) is 11.9 Å². The van der Waals surface area contributed by atoms with E-state index < -0.39 is 0 Å². The van der Waals surface area contributed by atoms with Gasteiger partial charge in [-0.25, -0.2) is 4.39 Å². The third-order valence-corrected chi connectivity index (χ3v) is 2.56. The highest BCUT2D eigenvalue weighted by Crippen LogP contribution is 2.23. The molecule has 0 saturated heterocycles. The second-order valence-corrected chi connectivity index (χ2v) is 3.80. The summed E-state index contributed by atoms with van der Waals surface area (Å²) >= 11 is 0. The Balaban J connectivity index is 2.94. The molecule has 1 atom stereocenters. The Morgan fingerprint density at radius 2 is 2.19 bits per heavy atom. The summed E-state index contributed by atoms with van der Waals surface area (Å²) < 4.78 is 18.8. The van der Waals surface area contributed by atoms with Crippen molar-refractivity contribution in [1.29, 1.82) is 0 Å². The number of hydrogen-bond donors (Lipinski definition) is 1. The lowest BCUT2D eigenvalue weighted by atomic mass is 10.2. The summed E-state index contributed by atoms with van der Waals surface area (Å²) in [5.74, 6) is -0.287. The number of nitrogens with two attached hydrogens (primary N) is 1. The summed E-state index contributed by atoms with van der Waals surface area (Å²) in [6.45, 7) is 5.29. The quantitative estimate of drug-likeness (QED) is 0.783. The number of nitrogen functional groups attached to an aromatic ring is 1. The molecule has 1 rings (SSSR count). The molecule has 1 aromatic rings. The summed E-state index contributed by atoms with van der Waals surface area (Å²) in [5.41, 5.74) is 6.53. The van der Waals surface area contributed by atoms with Crippen molar-refractivity contribution >= 4 is 11.4 Å². The minimum atomic E-state index is -0.287. The highest BCUT2D eigenvalue weighted by molar-refractivity contribution is 5.55. The monoisotopic (exact) mass is 226 g/mol. The fraction of sp³-hybridized carbons (Fsp3) is 0.500. The zero-order chi connectivity index (χ0) is 12.1. The van der Waals surface area contributed by atoms with Crippen LogP contribution in [-0.4, -0.2) is 26.3 Å². The molecule has 1 aromatic carbocycles. The van der Waals surface area contributed by atoms with Gasteiger partial charge in [-0.05, 0) is 32.0 Å². The largest absolute Gasteiger partial charge is 0.399 e. The summed E-state index contributed by atoms with van der Waals surface area (Å²) in [6, 6.07) is 4.89. The van der Waals surface area contributed by atoms with Crippen LogP contribution >= 0.6 is 0 Å². The normalized spacial score (nSPS) is 12.5. The van der Waals surface area contributed by atoms with Crippen LogP contribution in [0.1, 0.15) is 13.8 Å². The Bertz CT molecular complexity index is 344. The van der Waals surface area contributed by atoms with Gasteiger partial charge in [0.15, 0.2) is 0 Å². The van der Waals surface area contributed by atoms with Crippen molar-refractivity contribution in [2.24, 2.45) is 0 Å². The molecule has 0 aromatic heterocycles. The fourth-order valence-corrected chi connectivity index (χ4v) is 1.81. The fourth-order valence-electron chi connectivity index (χ4n) is 1.81. The van der Waals surface area contributed by atoms with Gasteiger partial charge in [-0.2, -0.15) is 0 Å². The average molecular weight is 226 g/mol. The van der Waals surface area contributed by atoms with Gasteiger partial charge in [0.1, 0.15) is 5.82 Å². The highest BCUT2D eigenvalue weighted by atomic mass is 19.1. The number of halogens is 1. The van der Waals surface area contributed by atoms with Gasteiger partial charge in [0.05, 0.1) is 12.3 Å². The van der Waals surface area contributed by atoms with Gasteiger partial charge < -0.3 is 15.4 Å². The molecule has 0 radical (unpaired) electrons. The summed E-state index contributed by atoms with van der Waals surface area (Å²) in [6.07, 6.45) is 0.